The maximum atomic E-state index is 12.0. The minimum atomic E-state index is -0.800. The van der Waals surface area contributed by atoms with Crippen LogP contribution in [-0.4, -0.2) is 53.5 Å². The maximum absolute atomic E-state index is 12.0. The van der Waals surface area contributed by atoms with Crippen molar-refractivity contribution >= 4 is 15.0 Å². The molecule has 2 heterocycles. The summed E-state index contributed by atoms with van der Waals surface area (Å²) in [7, 11) is 0. The van der Waals surface area contributed by atoms with Crippen molar-refractivity contribution in [3.8, 4) is 0 Å². The Hall–Kier alpha value is -0.921. The van der Waals surface area contributed by atoms with Crippen molar-refractivity contribution in [3.63, 3.8) is 0 Å². The number of hydrogen-bond donors (Lipinski definition) is 3. The Morgan fingerprint density at radius 1 is 1.48 bits per heavy atom. The van der Waals surface area contributed by atoms with Gasteiger partial charge in [-0.05, 0) is 0 Å². The Bertz CT molecular complexity index is 599. The molecule has 0 spiro atoms. The number of ether oxygens (including phenoxy) is 1. The Labute approximate surface area is 128 Å². The van der Waals surface area contributed by atoms with Crippen molar-refractivity contribution in [1.82, 2.24) is 9.55 Å². The molecule has 3 N–H and O–H groups in total. The number of nitrogens with zero attached hydrogens (tertiary/aromatic N) is 1. The minimum absolute atomic E-state index is 0.0756. The van der Waals surface area contributed by atoms with E-state index in [-0.39, 0.29) is 26.4 Å². The molecule has 8 heteroatoms. The Kier molecular flexibility index (Phi) is 5.40. The summed E-state index contributed by atoms with van der Waals surface area (Å²) in [5, 5.41) is 20.5. The average Bonchev–Trinajstić information content (AvgIpc) is 2.77. The van der Waals surface area contributed by atoms with Gasteiger partial charge in [-0.2, -0.15) is 0 Å². The molecule has 1 aromatic heterocycles. The van der Waals surface area contributed by atoms with Gasteiger partial charge < -0.3 is 0 Å². The molecule has 1 unspecified atom stereocenters. The van der Waals surface area contributed by atoms with Crippen LogP contribution in [0.25, 0.3) is 0 Å². The van der Waals surface area contributed by atoms with Crippen molar-refractivity contribution < 1.29 is 14.9 Å². The summed E-state index contributed by atoms with van der Waals surface area (Å²) >= 11 is 0.0756. The van der Waals surface area contributed by atoms with Gasteiger partial charge in [-0.1, -0.05) is 0 Å². The number of aliphatic hydroxyl groups is 2. The summed E-state index contributed by atoms with van der Waals surface area (Å²) in [4.78, 5) is 25.5. The van der Waals surface area contributed by atoms with Gasteiger partial charge in [0.2, 0.25) is 0 Å². The number of nitrogens with one attached hydrogen (secondary N) is 1. The van der Waals surface area contributed by atoms with E-state index >= 15 is 0 Å². The second kappa shape index (κ2) is 6.89. The molecule has 2 rings (SSSR count). The molecule has 0 amide bonds. The molecule has 1 saturated heterocycles. The average molecular weight is 363 g/mol. The van der Waals surface area contributed by atoms with E-state index in [4.69, 9.17) is 4.74 Å². The van der Waals surface area contributed by atoms with Gasteiger partial charge in [0.1, 0.15) is 0 Å². The topological polar surface area (TPSA) is 105 Å². The van der Waals surface area contributed by atoms with Gasteiger partial charge in [-0.3, -0.25) is 0 Å². The second-order valence-corrected chi connectivity index (χ2v) is 7.75. The zero-order valence-electron chi connectivity index (χ0n) is 12.0. The van der Waals surface area contributed by atoms with Crippen LogP contribution in [0.15, 0.2) is 15.8 Å². The van der Waals surface area contributed by atoms with E-state index < -0.39 is 29.7 Å². The van der Waals surface area contributed by atoms with Crippen molar-refractivity contribution in [2.75, 3.05) is 6.61 Å². The molecular formula is C13H20N2O5Se. The number of aliphatic hydroxyl groups excluding tert-OH is 2. The first-order chi connectivity index (χ1) is 9.99. The van der Waals surface area contributed by atoms with Crippen LogP contribution in [0.5, 0.6) is 0 Å². The number of H-pyrrole nitrogens is 1. The van der Waals surface area contributed by atoms with E-state index in [9.17, 15) is 19.8 Å². The molecular weight excluding hydrogens is 343 g/mol. The van der Waals surface area contributed by atoms with Crippen LogP contribution >= 0.6 is 0 Å². The fourth-order valence-corrected chi connectivity index (χ4v) is 4.90. The van der Waals surface area contributed by atoms with Crippen LogP contribution in [0.1, 0.15) is 25.1 Å². The van der Waals surface area contributed by atoms with Gasteiger partial charge in [0.15, 0.2) is 0 Å². The van der Waals surface area contributed by atoms with E-state index in [1.54, 1.807) is 6.92 Å². The molecule has 0 aromatic carbocycles. The van der Waals surface area contributed by atoms with Gasteiger partial charge in [0.05, 0.1) is 0 Å². The van der Waals surface area contributed by atoms with Crippen molar-refractivity contribution in [3.05, 3.63) is 32.6 Å². The fraction of sp³-hybridized carbons (Fsp3) is 0.692. The summed E-state index contributed by atoms with van der Waals surface area (Å²) in [5.41, 5.74) is -0.579. The van der Waals surface area contributed by atoms with Gasteiger partial charge in [0.25, 0.3) is 0 Å². The number of aryl methyl sites for hydroxylation is 1. The summed E-state index contributed by atoms with van der Waals surface area (Å²) in [6, 6.07) is 0. The van der Waals surface area contributed by atoms with Gasteiger partial charge in [-0.15, -0.1) is 0 Å². The van der Waals surface area contributed by atoms with Crippen molar-refractivity contribution in [2.24, 2.45) is 0 Å². The predicted molar refractivity (Wildman–Crippen MR) is 77.7 cm³/mol. The van der Waals surface area contributed by atoms with Crippen LogP contribution in [0, 0.1) is 6.92 Å². The quantitative estimate of drug-likeness (QED) is 0.607. The molecule has 0 aliphatic carbocycles. The number of hydrogen-bond acceptors (Lipinski definition) is 5. The molecule has 0 radical (unpaired) electrons. The van der Waals surface area contributed by atoms with Gasteiger partial charge >= 0.3 is 128 Å². The normalized spacial score (nSPS) is 29.0. The van der Waals surface area contributed by atoms with Gasteiger partial charge in [0, 0.05) is 0 Å². The van der Waals surface area contributed by atoms with Crippen LogP contribution in [0.4, 0.5) is 0 Å². The number of aromatic amines is 1. The molecule has 0 saturated carbocycles. The molecule has 1 aliphatic rings. The summed E-state index contributed by atoms with van der Waals surface area (Å²) in [6.45, 7) is 3.36. The van der Waals surface area contributed by atoms with Crippen LogP contribution in [-0.2, 0) is 4.74 Å². The van der Waals surface area contributed by atoms with E-state index in [2.05, 4.69) is 11.9 Å². The third-order valence-electron chi connectivity index (χ3n) is 3.43. The first-order valence-electron chi connectivity index (χ1n) is 6.87. The first-order valence-corrected chi connectivity index (χ1v) is 9.07. The first kappa shape index (κ1) is 16.4. The molecule has 1 fully saturated rings. The standard InChI is InChI=1S/C13H20N2O5Se/c1-3-4-21-10-9(17)8(6-16)20-12(10)15-5-7(2)11(18)14-13(15)19/h5,8-10,12,16-17H,3-4,6H2,1-2H3,(H,14,18,19)/t8-,9+,10?,12-/m1/s1. The molecule has 118 valence electrons. The molecule has 7 nitrogen and oxygen atoms in total. The van der Waals surface area contributed by atoms with E-state index in [0.29, 0.717) is 5.56 Å². The summed E-state index contributed by atoms with van der Waals surface area (Å²) in [6.07, 6.45) is 0.294. The van der Waals surface area contributed by atoms with E-state index in [0.717, 1.165) is 11.7 Å². The SMILES string of the molecule is CCC[Se]C1[C@@H](O)[C@@H](CO)O[C@H]1n1cc(C)c(=O)[nH]c1=O. The molecule has 4 atom stereocenters. The zero-order chi connectivity index (χ0) is 15.6. The van der Waals surface area contributed by atoms with Gasteiger partial charge in [-0.25, -0.2) is 0 Å². The van der Waals surface area contributed by atoms with E-state index in [1.807, 2.05) is 0 Å². The second-order valence-electron chi connectivity index (χ2n) is 5.05. The number of rotatable bonds is 5. The molecule has 1 aromatic rings. The Morgan fingerprint density at radius 2 is 2.19 bits per heavy atom. The van der Waals surface area contributed by atoms with E-state index in [1.165, 1.54) is 10.8 Å². The third kappa shape index (κ3) is 3.30. The zero-order valence-corrected chi connectivity index (χ0v) is 13.7. The van der Waals surface area contributed by atoms with Crippen LogP contribution in [0.2, 0.25) is 10.1 Å². The fourth-order valence-electron chi connectivity index (χ4n) is 2.30. The number of aromatic nitrogens is 2. The molecule has 21 heavy (non-hydrogen) atoms. The van der Waals surface area contributed by atoms with Crippen molar-refractivity contribution in [2.45, 2.75) is 48.8 Å². The Balaban J connectivity index is 2.37. The summed E-state index contributed by atoms with van der Waals surface area (Å²) in [5.74, 6) is 0. The molecule has 0 bridgehead atoms. The Morgan fingerprint density at radius 3 is 2.81 bits per heavy atom. The predicted octanol–water partition coefficient (Wildman–Crippen LogP) is -0.583. The third-order valence-corrected chi connectivity index (χ3v) is 6.66. The van der Waals surface area contributed by atoms with Crippen molar-refractivity contribution in [1.29, 1.82) is 0 Å². The van der Waals surface area contributed by atoms with Crippen LogP contribution < -0.4 is 11.2 Å². The molecule has 1 aliphatic heterocycles. The summed E-state index contributed by atoms with van der Waals surface area (Å²) < 4.78 is 6.97. The monoisotopic (exact) mass is 364 g/mol. The van der Waals surface area contributed by atoms with Crippen LogP contribution in [0.3, 0.4) is 0 Å².